The molecule has 6 heteroatoms. The lowest BCUT2D eigenvalue weighted by Crippen LogP contribution is -2.06. The van der Waals surface area contributed by atoms with Gasteiger partial charge in [0.25, 0.3) is 0 Å². The van der Waals surface area contributed by atoms with Crippen LogP contribution in [0.2, 0.25) is 0 Å². The quantitative estimate of drug-likeness (QED) is 0.324. The standard InChI is InChI=1S/C16H21BrF4O/c17-13-8-9-15(14(18)12-13)22-11-7-5-3-1-2-4-6-10-16(19,20)21/h8-9,12H,1-7,10-11H2. The highest BCUT2D eigenvalue weighted by Crippen LogP contribution is 2.23. The number of hydrogen-bond donors (Lipinski definition) is 0. The zero-order valence-electron chi connectivity index (χ0n) is 12.4. The predicted octanol–water partition coefficient (Wildman–Crippen LogP) is 6.65. The Morgan fingerprint density at radius 1 is 0.909 bits per heavy atom. The highest BCUT2D eigenvalue weighted by Gasteiger charge is 2.25. The Labute approximate surface area is 137 Å². The highest BCUT2D eigenvalue weighted by molar-refractivity contribution is 9.10. The summed E-state index contributed by atoms with van der Waals surface area (Å²) in [6.07, 6.45) is 0.630. The van der Waals surface area contributed by atoms with Gasteiger partial charge < -0.3 is 4.74 Å². The van der Waals surface area contributed by atoms with Crippen molar-refractivity contribution < 1.29 is 22.3 Å². The molecule has 0 aliphatic carbocycles. The zero-order chi connectivity index (χ0) is 16.4. The molecular formula is C16H21BrF4O. The van der Waals surface area contributed by atoms with Crippen LogP contribution in [0, 0.1) is 5.82 Å². The number of alkyl halides is 3. The summed E-state index contributed by atoms with van der Waals surface area (Å²) in [6, 6.07) is 4.66. The third-order valence-electron chi connectivity index (χ3n) is 3.26. The molecule has 0 fully saturated rings. The summed E-state index contributed by atoms with van der Waals surface area (Å²) in [5, 5.41) is 0. The summed E-state index contributed by atoms with van der Waals surface area (Å²) in [5.41, 5.74) is 0. The van der Waals surface area contributed by atoms with Crippen LogP contribution in [0.3, 0.4) is 0 Å². The first-order valence-electron chi connectivity index (χ1n) is 7.53. The Balaban J connectivity index is 1.96. The molecule has 0 bridgehead atoms. The lowest BCUT2D eigenvalue weighted by atomic mass is 10.1. The first-order valence-corrected chi connectivity index (χ1v) is 8.32. The molecule has 0 radical (unpaired) electrons. The Morgan fingerprint density at radius 3 is 2.09 bits per heavy atom. The van der Waals surface area contributed by atoms with E-state index in [4.69, 9.17) is 4.74 Å². The van der Waals surface area contributed by atoms with Gasteiger partial charge >= 0.3 is 6.18 Å². The van der Waals surface area contributed by atoms with E-state index in [-0.39, 0.29) is 18.0 Å². The van der Waals surface area contributed by atoms with Crippen molar-refractivity contribution in [3.63, 3.8) is 0 Å². The highest BCUT2D eigenvalue weighted by atomic mass is 79.9. The summed E-state index contributed by atoms with van der Waals surface area (Å²) in [7, 11) is 0. The lowest BCUT2D eigenvalue weighted by molar-refractivity contribution is -0.135. The van der Waals surface area contributed by atoms with E-state index in [9.17, 15) is 17.6 Å². The van der Waals surface area contributed by atoms with Crippen molar-refractivity contribution in [2.45, 2.75) is 57.5 Å². The van der Waals surface area contributed by atoms with Crippen LogP contribution in [0.15, 0.2) is 22.7 Å². The van der Waals surface area contributed by atoms with Gasteiger partial charge in [0.05, 0.1) is 6.61 Å². The molecule has 1 rings (SSSR count). The van der Waals surface area contributed by atoms with Gasteiger partial charge in [-0.1, -0.05) is 48.0 Å². The molecule has 1 aromatic rings. The Bertz CT molecular complexity index is 435. The monoisotopic (exact) mass is 384 g/mol. The van der Waals surface area contributed by atoms with E-state index >= 15 is 0 Å². The third-order valence-corrected chi connectivity index (χ3v) is 3.75. The van der Waals surface area contributed by atoms with Crippen molar-refractivity contribution in [1.82, 2.24) is 0 Å². The summed E-state index contributed by atoms with van der Waals surface area (Å²) in [5.74, 6) is -0.144. The fourth-order valence-electron chi connectivity index (χ4n) is 2.09. The van der Waals surface area contributed by atoms with Crippen LogP contribution in [-0.2, 0) is 0 Å². The van der Waals surface area contributed by atoms with Crippen molar-refractivity contribution in [1.29, 1.82) is 0 Å². The molecule has 0 spiro atoms. The van der Waals surface area contributed by atoms with E-state index in [2.05, 4.69) is 15.9 Å². The second-order valence-corrected chi connectivity index (χ2v) is 6.18. The van der Waals surface area contributed by atoms with Crippen LogP contribution in [0.1, 0.15) is 51.4 Å². The number of benzene rings is 1. The number of unbranched alkanes of at least 4 members (excludes halogenated alkanes) is 6. The van der Waals surface area contributed by atoms with Gasteiger partial charge in [-0.25, -0.2) is 4.39 Å². The molecule has 0 saturated carbocycles. The van der Waals surface area contributed by atoms with E-state index in [1.165, 1.54) is 6.07 Å². The van der Waals surface area contributed by atoms with Gasteiger partial charge in [0, 0.05) is 10.9 Å². The van der Waals surface area contributed by atoms with Gasteiger partial charge in [-0.2, -0.15) is 13.2 Å². The Morgan fingerprint density at radius 2 is 1.50 bits per heavy atom. The number of halogens is 5. The molecule has 0 saturated heterocycles. The maximum Gasteiger partial charge on any atom is 0.389 e. The molecule has 0 aliphatic heterocycles. The van der Waals surface area contributed by atoms with E-state index in [1.54, 1.807) is 12.1 Å². The minimum atomic E-state index is -4.03. The van der Waals surface area contributed by atoms with Crippen LogP contribution < -0.4 is 4.74 Å². The van der Waals surface area contributed by atoms with Crippen LogP contribution in [-0.4, -0.2) is 12.8 Å². The van der Waals surface area contributed by atoms with Gasteiger partial charge in [-0.3, -0.25) is 0 Å². The first-order chi connectivity index (χ1) is 10.4. The molecule has 0 aromatic heterocycles. The van der Waals surface area contributed by atoms with E-state index in [0.29, 0.717) is 17.5 Å². The lowest BCUT2D eigenvalue weighted by Gasteiger charge is -2.08. The van der Waals surface area contributed by atoms with Crippen molar-refractivity contribution in [3.8, 4) is 5.75 Å². The van der Waals surface area contributed by atoms with Crippen molar-refractivity contribution in [2.75, 3.05) is 6.61 Å². The second kappa shape index (κ2) is 10.1. The van der Waals surface area contributed by atoms with Gasteiger partial charge in [0.15, 0.2) is 11.6 Å². The summed E-state index contributed by atoms with van der Waals surface area (Å²) in [4.78, 5) is 0. The summed E-state index contributed by atoms with van der Waals surface area (Å²) >= 11 is 3.18. The van der Waals surface area contributed by atoms with E-state index < -0.39 is 12.6 Å². The van der Waals surface area contributed by atoms with Gasteiger partial charge in [0.1, 0.15) is 0 Å². The van der Waals surface area contributed by atoms with E-state index in [1.807, 2.05) is 0 Å². The summed E-state index contributed by atoms with van der Waals surface area (Å²) < 4.78 is 55.2. The fraction of sp³-hybridized carbons (Fsp3) is 0.625. The molecule has 1 nitrogen and oxygen atoms in total. The Kier molecular flexibility index (Phi) is 8.83. The van der Waals surface area contributed by atoms with Crippen molar-refractivity contribution >= 4 is 15.9 Å². The van der Waals surface area contributed by atoms with E-state index in [0.717, 1.165) is 32.1 Å². The second-order valence-electron chi connectivity index (χ2n) is 5.26. The van der Waals surface area contributed by atoms with Crippen molar-refractivity contribution in [3.05, 3.63) is 28.5 Å². The largest absolute Gasteiger partial charge is 0.491 e. The smallest absolute Gasteiger partial charge is 0.389 e. The molecule has 0 aliphatic rings. The predicted molar refractivity (Wildman–Crippen MR) is 82.6 cm³/mol. The molecule has 0 unspecified atom stereocenters. The normalized spacial score (nSPS) is 11.7. The maximum atomic E-state index is 13.4. The van der Waals surface area contributed by atoms with Crippen LogP contribution >= 0.6 is 15.9 Å². The Hall–Kier alpha value is -0.780. The molecule has 0 atom stereocenters. The molecule has 1 aromatic carbocycles. The van der Waals surface area contributed by atoms with Crippen molar-refractivity contribution in [2.24, 2.45) is 0 Å². The zero-order valence-corrected chi connectivity index (χ0v) is 14.0. The summed E-state index contributed by atoms with van der Waals surface area (Å²) in [6.45, 7) is 0.451. The third kappa shape index (κ3) is 9.28. The van der Waals surface area contributed by atoms with Gasteiger partial charge in [-0.05, 0) is 31.0 Å². The molecule has 0 heterocycles. The molecule has 0 amide bonds. The average molecular weight is 385 g/mol. The number of hydrogen-bond acceptors (Lipinski definition) is 1. The molecule has 126 valence electrons. The number of ether oxygens (including phenoxy) is 1. The van der Waals surface area contributed by atoms with Crippen LogP contribution in [0.5, 0.6) is 5.75 Å². The maximum absolute atomic E-state index is 13.4. The minimum absolute atomic E-state index is 0.218. The molecule has 22 heavy (non-hydrogen) atoms. The van der Waals surface area contributed by atoms with Gasteiger partial charge in [-0.15, -0.1) is 0 Å². The molecular weight excluding hydrogens is 364 g/mol. The topological polar surface area (TPSA) is 9.23 Å². The SMILES string of the molecule is Fc1cc(Br)ccc1OCCCCCCCCCC(F)(F)F. The first kappa shape index (κ1) is 19.3. The van der Waals surface area contributed by atoms with Crippen LogP contribution in [0.25, 0.3) is 0 Å². The fourth-order valence-corrected chi connectivity index (χ4v) is 2.42. The average Bonchev–Trinajstić information content (AvgIpc) is 2.41. The molecule has 0 N–H and O–H groups in total. The minimum Gasteiger partial charge on any atom is -0.491 e. The van der Waals surface area contributed by atoms with Gasteiger partial charge in [0.2, 0.25) is 0 Å². The van der Waals surface area contributed by atoms with Crippen LogP contribution in [0.4, 0.5) is 17.6 Å². The number of rotatable bonds is 10.